The minimum atomic E-state index is -0.614. The first-order valence-electron chi connectivity index (χ1n) is 12.1. The quantitative estimate of drug-likeness (QED) is 0.165. The maximum absolute atomic E-state index is 12.2. The summed E-state index contributed by atoms with van der Waals surface area (Å²) in [6.07, 6.45) is 1.08. The Bertz CT molecular complexity index is 1430. The zero-order valence-corrected chi connectivity index (χ0v) is 22.7. The van der Waals surface area contributed by atoms with Gasteiger partial charge in [-0.2, -0.15) is 0 Å². The van der Waals surface area contributed by atoms with E-state index in [-0.39, 0.29) is 24.4 Å². The average Bonchev–Trinajstić information content (AvgIpc) is 2.94. The first-order valence-corrected chi connectivity index (χ1v) is 12.1. The fourth-order valence-electron chi connectivity index (χ4n) is 3.69. The lowest BCUT2D eigenvalue weighted by Gasteiger charge is -2.15. The fourth-order valence-corrected chi connectivity index (χ4v) is 3.69. The second kappa shape index (κ2) is 13.8. The van der Waals surface area contributed by atoms with E-state index in [1.807, 2.05) is 13.0 Å². The van der Waals surface area contributed by atoms with Crippen LogP contribution >= 0.6 is 0 Å². The molecule has 0 bridgehead atoms. The molecule has 0 spiro atoms. The van der Waals surface area contributed by atoms with Gasteiger partial charge in [-0.3, -0.25) is 0 Å². The van der Waals surface area contributed by atoms with Crippen LogP contribution < -0.4 is 14.2 Å². The Kier molecular flexibility index (Phi) is 10.3. The minimum Gasteiger partial charge on any atom is -0.423 e. The molecule has 206 valence electrons. The van der Waals surface area contributed by atoms with Gasteiger partial charge in [0.2, 0.25) is 0 Å². The number of aryl methyl sites for hydroxylation is 1. The number of rotatable bonds is 12. The third-order valence-electron chi connectivity index (χ3n) is 5.67. The summed E-state index contributed by atoms with van der Waals surface area (Å²) >= 11 is 0. The van der Waals surface area contributed by atoms with Crippen LogP contribution in [0.2, 0.25) is 0 Å². The first-order chi connectivity index (χ1) is 19.2. The number of carbonyl (C=O) groups is 3. The number of hydrogen-bond donors (Lipinski definition) is 0. The molecule has 0 aromatic heterocycles. The van der Waals surface area contributed by atoms with E-state index in [2.05, 4.69) is 19.7 Å². The van der Waals surface area contributed by atoms with E-state index in [9.17, 15) is 14.4 Å². The lowest BCUT2D eigenvalue weighted by atomic mass is 9.94. The summed E-state index contributed by atoms with van der Waals surface area (Å²) < 4.78 is 26.1. The smallest absolute Gasteiger partial charge is 0.341 e. The molecule has 3 aromatic carbocycles. The van der Waals surface area contributed by atoms with Crippen LogP contribution in [0.15, 0.2) is 97.6 Å². The summed E-state index contributed by atoms with van der Waals surface area (Å²) in [4.78, 5) is 36.4. The minimum absolute atomic E-state index is 0.0680. The van der Waals surface area contributed by atoms with Crippen molar-refractivity contribution in [3.05, 3.63) is 103 Å². The van der Waals surface area contributed by atoms with Crippen molar-refractivity contribution in [2.45, 2.75) is 6.92 Å². The zero-order chi connectivity index (χ0) is 29.2. The van der Waals surface area contributed by atoms with Crippen molar-refractivity contribution < 1.29 is 38.1 Å². The Morgan fingerprint density at radius 1 is 0.700 bits per heavy atom. The van der Waals surface area contributed by atoms with E-state index in [0.717, 1.165) is 28.3 Å². The number of hydrogen-bond acceptors (Lipinski definition) is 8. The van der Waals surface area contributed by atoms with Gasteiger partial charge in [0, 0.05) is 25.9 Å². The van der Waals surface area contributed by atoms with Crippen LogP contribution in [-0.4, -0.2) is 45.3 Å². The SMILES string of the molecule is C=CC(=O)Oc1cc(-c2ccc(OC(=O)C(=C)COC)cc2)c(C)cc1-c1ccc(OC(=O)C(=C)COC)cc1. The van der Waals surface area contributed by atoms with E-state index in [4.69, 9.17) is 23.7 Å². The van der Waals surface area contributed by atoms with Crippen molar-refractivity contribution in [2.75, 3.05) is 27.4 Å². The normalized spacial score (nSPS) is 10.4. The summed E-state index contributed by atoms with van der Waals surface area (Å²) in [5, 5.41) is 0. The summed E-state index contributed by atoms with van der Waals surface area (Å²) in [5.41, 5.74) is 4.30. The molecule has 0 aliphatic carbocycles. The molecule has 8 nitrogen and oxygen atoms in total. The number of esters is 3. The Morgan fingerprint density at radius 2 is 1.15 bits per heavy atom. The van der Waals surface area contributed by atoms with Crippen LogP contribution in [0.3, 0.4) is 0 Å². The van der Waals surface area contributed by atoms with Gasteiger partial charge in [-0.05, 0) is 65.6 Å². The topological polar surface area (TPSA) is 97.4 Å². The van der Waals surface area contributed by atoms with Gasteiger partial charge in [-0.25, -0.2) is 14.4 Å². The lowest BCUT2D eigenvalue weighted by Crippen LogP contribution is -2.13. The highest BCUT2D eigenvalue weighted by Crippen LogP contribution is 2.38. The van der Waals surface area contributed by atoms with Gasteiger partial charge in [-0.1, -0.05) is 44.0 Å². The molecule has 3 aromatic rings. The standard InChI is InChI=1S/C32H30O8/c1-7-30(33)40-29-17-27(23-8-12-25(13-9-23)38-31(34)21(3)18-36-5)20(2)16-28(29)24-10-14-26(15-11-24)39-32(35)22(4)19-37-6/h7-17H,1,3-4,18-19H2,2,5-6H3. The fraction of sp³-hybridized carbons (Fsp3) is 0.156. The number of ether oxygens (including phenoxy) is 5. The van der Waals surface area contributed by atoms with Gasteiger partial charge >= 0.3 is 17.9 Å². The van der Waals surface area contributed by atoms with Gasteiger partial charge in [0.15, 0.2) is 0 Å². The predicted octanol–water partition coefficient (Wildman–Crippen LogP) is 5.64. The largest absolute Gasteiger partial charge is 0.423 e. The van der Waals surface area contributed by atoms with Crippen molar-refractivity contribution in [3.63, 3.8) is 0 Å². The Balaban J connectivity index is 1.90. The van der Waals surface area contributed by atoms with Crippen LogP contribution in [0, 0.1) is 6.92 Å². The summed E-state index contributed by atoms with van der Waals surface area (Å²) in [7, 11) is 2.93. The zero-order valence-electron chi connectivity index (χ0n) is 22.7. The van der Waals surface area contributed by atoms with E-state index >= 15 is 0 Å². The molecule has 0 radical (unpaired) electrons. The van der Waals surface area contributed by atoms with Gasteiger partial charge in [0.05, 0.1) is 24.4 Å². The molecule has 3 rings (SSSR count). The van der Waals surface area contributed by atoms with Crippen molar-refractivity contribution >= 4 is 17.9 Å². The third kappa shape index (κ3) is 7.63. The molecular weight excluding hydrogens is 512 g/mol. The lowest BCUT2D eigenvalue weighted by molar-refractivity contribution is -0.131. The van der Waals surface area contributed by atoms with E-state index in [1.165, 1.54) is 14.2 Å². The van der Waals surface area contributed by atoms with Crippen molar-refractivity contribution in [1.29, 1.82) is 0 Å². The molecule has 0 aliphatic heterocycles. The second-order valence-corrected chi connectivity index (χ2v) is 8.69. The van der Waals surface area contributed by atoms with Crippen LogP contribution in [0.4, 0.5) is 0 Å². The third-order valence-corrected chi connectivity index (χ3v) is 5.67. The molecule has 0 saturated heterocycles. The first kappa shape index (κ1) is 29.8. The van der Waals surface area contributed by atoms with E-state index in [1.54, 1.807) is 54.6 Å². The molecule has 0 atom stereocenters. The van der Waals surface area contributed by atoms with Crippen molar-refractivity contribution in [1.82, 2.24) is 0 Å². The summed E-state index contributed by atoms with van der Waals surface area (Å²) in [5.74, 6) is -0.779. The van der Waals surface area contributed by atoms with Crippen LogP contribution in [0.5, 0.6) is 17.2 Å². The molecule has 0 unspecified atom stereocenters. The maximum Gasteiger partial charge on any atom is 0.341 e. The van der Waals surface area contributed by atoms with Crippen molar-refractivity contribution in [3.8, 4) is 39.5 Å². The molecule has 0 amide bonds. The molecule has 0 aliphatic rings. The van der Waals surface area contributed by atoms with Crippen LogP contribution in [0.25, 0.3) is 22.3 Å². The maximum atomic E-state index is 12.2. The van der Waals surface area contributed by atoms with E-state index < -0.39 is 17.9 Å². The van der Waals surface area contributed by atoms with E-state index in [0.29, 0.717) is 22.8 Å². The van der Waals surface area contributed by atoms with Crippen molar-refractivity contribution in [2.24, 2.45) is 0 Å². The molecule has 8 heteroatoms. The highest BCUT2D eigenvalue weighted by Gasteiger charge is 2.16. The monoisotopic (exact) mass is 542 g/mol. The Hall–Kier alpha value is -4.79. The van der Waals surface area contributed by atoms with Crippen LogP contribution in [-0.2, 0) is 23.9 Å². The molecule has 0 N–H and O–H groups in total. The molecule has 0 heterocycles. The highest BCUT2D eigenvalue weighted by molar-refractivity contribution is 5.91. The molecule has 40 heavy (non-hydrogen) atoms. The number of carbonyl (C=O) groups excluding carboxylic acids is 3. The summed E-state index contributed by atoms with van der Waals surface area (Å²) in [6, 6.07) is 17.3. The molecule has 0 saturated carbocycles. The number of benzene rings is 3. The van der Waals surface area contributed by atoms with Crippen LogP contribution in [0.1, 0.15) is 5.56 Å². The van der Waals surface area contributed by atoms with Gasteiger partial charge in [0.1, 0.15) is 17.2 Å². The Morgan fingerprint density at radius 3 is 1.57 bits per heavy atom. The number of methoxy groups -OCH3 is 2. The highest BCUT2D eigenvalue weighted by atomic mass is 16.5. The van der Waals surface area contributed by atoms with Gasteiger partial charge in [-0.15, -0.1) is 0 Å². The predicted molar refractivity (Wildman–Crippen MR) is 151 cm³/mol. The van der Waals surface area contributed by atoms with Gasteiger partial charge < -0.3 is 23.7 Å². The second-order valence-electron chi connectivity index (χ2n) is 8.69. The Labute approximate surface area is 233 Å². The van der Waals surface area contributed by atoms with Gasteiger partial charge in [0.25, 0.3) is 0 Å². The average molecular weight is 543 g/mol. The molecule has 0 fully saturated rings. The summed E-state index contributed by atoms with van der Waals surface area (Å²) in [6.45, 7) is 12.8. The molecular formula is C32H30O8.